The van der Waals surface area contributed by atoms with E-state index in [2.05, 4.69) is 4.98 Å². The molecule has 3 nitrogen and oxygen atoms in total. The predicted octanol–water partition coefficient (Wildman–Crippen LogP) is 3.28. The fraction of sp³-hybridized carbons (Fsp3) is 0.118. The lowest BCUT2D eigenvalue weighted by atomic mass is 10.1. The molecule has 1 heterocycles. The summed E-state index contributed by atoms with van der Waals surface area (Å²) in [5.74, 6) is 0.876. The van der Waals surface area contributed by atoms with Crippen molar-refractivity contribution >= 4 is 0 Å². The van der Waals surface area contributed by atoms with Crippen molar-refractivity contribution in [2.45, 2.75) is 12.6 Å². The van der Waals surface area contributed by atoms with E-state index in [1.165, 1.54) is 0 Å². The van der Waals surface area contributed by atoms with Gasteiger partial charge in [0.1, 0.15) is 5.82 Å². The number of benzene rings is 2. The van der Waals surface area contributed by atoms with Crippen LogP contribution in [-0.2, 0) is 6.54 Å². The van der Waals surface area contributed by atoms with Crippen LogP contribution in [0.5, 0.6) is 0 Å². The van der Waals surface area contributed by atoms with E-state index >= 15 is 0 Å². The van der Waals surface area contributed by atoms with Crippen molar-refractivity contribution in [3.63, 3.8) is 0 Å². The normalized spacial score (nSPS) is 12.2. The molecule has 3 aromatic rings. The lowest BCUT2D eigenvalue weighted by Gasteiger charge is -2.14. The Kier molecular flexibility index (Phi) is 3.61. The average molecular weight is 264 g/mol. The summed E-state index contributed by atoms with van der Waals surface area (Å²) in [5.41, 5.74) is 1.97. The van der Waals surface area contributed by atoms with Gasteiger partial charge in [0.05, 0.1) is 12.6 Å². The van der Waals surface area contributed by atoms with E-state index in [4.69, 9.17) is 0 Å². The molecule has 0 saturated heterocycles. The highest BCUT2D eigenvalue weighted by Gasteiger charge is 2.11. The highest BCUT2D eigenvalue weighted by molar-refractivity contribution is 5.55. The first-order chi connectivity index (χ1) is 9.84. The van der Waals surface area contributed by atoms with E-state index in [0.717, 1.165) is 17.0 Å². The molecule has 0 amide bonds. The summed E-state index contributed by atoms with van der Waals surface area (Å²) in [4.78, 5) is 4.39. The third-order valence-electron chi connectivity index (χ3n) is 3.30. The molecule has 0 radical (unpaired) electrons. The van der Waals surface area contributed by atoms with Gasteiger partial charge >= 0.3 is 0 Å². The SMILES string of the molecule is OC(Cn1ccnc1-c1ccccc1)c1ccccc1. The maximum absolute atomic E-state index is 10.3. The van der Waals surface area contributed by atoms with E-state index in [-0.39, 0.29) is 0 Å². The molecule has 1 unspecified atom stereocenters. The monoisotopic (exact) mass is 264 g/mol. The van der Waals surface area contributed by atoms with Crippen LogP contribution in [0.2, 0.25) is 0 Å². The minimum Gasteiger partial charge on any atom is -0.387 e. The van der Waals surface area contributed by atoms with Crippen LogP contribution < -0.4 is 0 Å². The molecule has 0 aliphatic carbocycles. The van der Waals surface area contributed by atoms with Gasteiger partial charge in [-0.05, 0) is 5.56 Å². The van der Waals surface area contributed by atoms with Crippen LogP contribution in [0.4, 0.5) is 0 Å². The fourth-order valence-corrected chi connectivity index (χ4v) is 2.27. The van der Waals surface area contributed by atoms with Crippen molar-refractivity contribution < 1.29 is 5.11 Å². The molecule has 0 aliphatic rings. The van der Waals surface area contributed by atoms with Crippen LogP contribution in [0, 0.1) is 0 Å². The molecule has 0 aliphatic heterocycles. The number of aromatic nitrogens is 2. The van der Waals surface area contributed by atoms with Gasteiger partial charge in [-0.1, -0.05) is 60.7 Å². The minimum atomic E-state index is -0.534. The highest BCUT2D eigenvalue weighted by atomic mass is 16.3. The largest absolute Gasteiger partial charge is 0.387 e. The summed E-state index contributed by atoms with van der Waals surface area (Å²) in [6.07, 6.45) is 3.13. The molecule has 1 atom stereocenters. The Balaban J connectivity index is 1.84. The lowest BCUT2D eigenvalue weighted by molar-refractivity contribution is 0.157. The quantitative estimate of drug-likeness (QED) is 0.785. The zero-order valence-corrected chi connectivity index (χ0v) is 11.1. The summed E-state index contributed by atoms with van der Waals surface area (Å²) in [6, 6.07) is 19.7. The van der Waals surface area contributed by atoms with Gasteiger partial charge in [0.2, 0.25) is 0 Å². The highest BCUT2D eigenvalue weighted by Crippen LogP contribution is 2.20. The lowest BCUT2D eigenvalue weighted by Crippen LogP contribution is -2.09. The zero-order chi connectivity index (χ0) is 13.8. The van der Waals surface area contributed by atoms with Crippen LogP contribution in [0.15, 0.2) is 73.1 Å². The van der Waals surface area contributed by atoms with E-state index < -0.39 is 6.10 Å². The number of nitrogens with zero attached hydrogens (tertiary/aromatic N) is 2. The van der Waals surface area contributed by atoms with Crippen molar-refractivity contribution in [3.8, 4) is 11.4 Å². The summed E-state index contributed by atoms with van der Waals surface area (Å²) < 4.78 is 1.98. The van der Waals surface area contributed by atoms with Gasteiger partial charge in [-0.3, -0.25) is 0 Å². The second-order valence-electron chi connectivity index (χ2n) is 4.70. The van der Waals surface area contributed by atoms with Crippen LogP contribution >= 0.6 is 0 Å². The Morgan fingerprint density at radius 3 is 2.30 bits per heavy atom. The minimum absolute atomic E-state index is 0.494. The van der Waals surface area contributed by atoms with Crippen molar-refractivity contribution in [1.29, 1.82) is 0 Å². The van der Waals surface area contributed by atoms with Crippen LogP contribution in [-0.4, -0.2) is 14.7 Å². The molecule has 1 N–H and O–H groups in total. The number of aliphatic hydroxyl groups is 1. The van der Waals surface area contributed by atoms with Gasteiger partial charge in [-0.25, -0.2) is 4.98 Å². The molecule has 3 heteroatoms. The Hall–Kier alpha value is -2.39. The molecule has 100 valence electrons. The molecule has 0 saturated carbocycles. The Labute approximate surface area is 118 Å². The fourth-order valence-electron chi connectivity index (χ4n) is 2.27. The van der Waals surface area contributed by atoms with E-state index in [1.807, 2.05) is 71.4 Å². The second kappa shape index (κ2) is 5.72. The number of hydrogen-bond acceptors (Lipinski definition) is 2. The molecule has 1 aromatic heterocycles. The summed E-state index contributed by atoms with van der Waals surface area (Å²) in [5, 5.41) is 10.3. The number of rotatable bonds is 4. The summed E-state index contributed by atoms with van der Waals surface area (Å²) >= 11 is 0. The Morgan fingerprint density at radius 2 is 1.60 bits per heavy atom. The first-order valence-electron chi connectivity index (χ1n) is 6.64. The molecule has 2 aromatic carbocycles. The maximum Gasteiger partial charge on any atom is 0.139 e. The van der Waals surface area contributed by atoms with Crippen LogP contribution in [0.25, 0.3) is 11.4 Å². The predicted molar refractivity (Wildman–Crippen MR) is 79.1 cm³/mol. The first-order valence-corrected chi connectivity index (χ1v) is 6.64. The van der Waals surface area contributed by atoms with Gasteiger partial charge in [0.25, 0.3) is 0 Å². The standard InChI is InChI=1S/C17H16N2O/c20-16(14-7-3-1-4-8-14)13-19-12-11-18-17(19)15-9-5-2-6-10-15/h1-12,16,20H,13H2. The molecule has 0 bridgehead atoms. The summed E-state index contributed by atoms with van der Waals surface area (Å²) in [6.45, 7) is 0.494. The number of hydrogen-bond donors (Lipinski definition) is 1. The molecular weight excluding hydrogens is 248 g/mol. The van der Waals surface area contributed by atoms with Crippen molar-refractivity contribution in [2.75, 3.05) is 0 Å². The smallest absolute Gasteiger partial charge is 0.139 e. The second-order valence-corrected chi connectivity index (χ2v) is 4.70. The first kappa shape index (κ1) is 12.6. The number of imidazole rings is 1. The van der Waals surface area contributed by atoms with Crippen molar-refractivity contribution in [3.05, 3.63) is 78.6 Å². The molecular formula is C17H16N2O. The average Bonchev–Trinajstić information content (AvgIpc) is 2.97. The molecule has 3 rings (SSSR count). The molecule has 0 spiro atoms. The van der Waals surface area contributed by atoms with Gasteiger partial charge in [-0.15, -0.1) is 0 Å². The maximum atomic E-state index is 10.3. The van der Waals surface area contributed by atoms with Crippen LogP contribution in [0.1, 0.15) is 11.7 Å². The Morgan fingerprint density at radius 1 is 0.950 bits per heavy atom. The number of aliphatic hydroxyl groups excluding tert-OH is 1. The van der Waals surface area contributed by atoms with Crippen LogP contribution in [0.3, 0.4) is 0 Å². The van der Waals surface area contributed by atoms with Gasteiger partial charge in [-0.2, -0.15) is 0 Å². The zero-order valence-electron chi connectivity index (χ0n) is 11.1. The third-order valence-corrected chi connectivity index (χ3v) is 3.30. The van der Waals surface area contributed by atoms with E-state index in [9.17, 15) is 5.11 Å². The van der Waals surface area contributed by atoms with E-state index in [1.54, 1.807) is 6.20 Å². The van der Waals surface area contributed by atoms with E-state index in [0.29, 0.717) is 6.54 Å². The van der Waals surface area contributed by atoms with Crippen molar-refractivity contribution in [2.24, 2.45) is 0 Å². The van der Waals surface area contributed by atoms with Gasteiger partial charge < -0.3 is 9.67 Å². The molecule has 0 fully saturated rings. The Bertz CT molecular complexity index is 662. The summed E-state index contributed by atoms with van der Waals surface area (Å²) in [7, 11) is 0. The van der Waals surface area contributed by atoms with Gasteiger partial charge in [0.15, 0.2) is 0 Å². The third kappa shape index (κ3) is 2.63. The topological polar surface area (TPSA) is 38.0 Å². The molecule has 20 heavy (non-hydrogen) atoms. The van der Waals surface area contributed by atoms with Crippen molar-refractivity contribution in [1.82, 2.24) is 9.55 Å². The van der Waals surface area contributed by atoms with Gasteiger partial charge in [0, 0.05) is 18.0 Å².